The van der Waals surface area contributed by atoms with Crippen molar-refractivity contribution >= 4 is 0 Å². The van der Waals surface area contributed by atoms with Gasteiger partial charge in [0.25, 0.3) is 0 Å². The van der Waals surface area contributed by atoms with Gasteiger partial charge >= 0.3 is 0 Å². The van der Waals surface area contributed by atoms with E-state index in [9.17, 15) is 0 Å². The van der Waals surface area contributed by atoms with Gasteiger partial charge in [-0.2, -0.15) is 0 Å². The third-order valence-electron chi connectivity index (χ3n) is 1.87. The van der Waals surface area contributed by atoms with Gasteiger partial charge in [0, 0.05) is 12.3 Å². The van der Waals surface area contributed by atoms with Crippen LogP contribution in [-0.2, 0) is 6.61 Å². The van der Waals surface area contributed by atoms with Crippen LogP contribution < -0.4 is 4.74 Å². The first-order valence-electron chi connectivity index (χ1n) is 4.39. The summed E-state index contributed by atoms with van der Waals surface area (Å²) in [5.74, 6) is 1.05. The first-order chi connectivity index (χ1) is 6.84. The molecule has 0 saturated carbocycles. The predicted octanol–water partition coefficient (Wildman–Crippen LogP) is 2.30. The van der Waals surface area contributed by atoms with Crippen molar-refractivity contribution in [2.45, 2.75) is 6.61 Å². The van der Waals surface area contributed by atoms with Gasteiger partial charge in [-0.25, -0.2) is 0 Å². The fraction of sp³-hybridized carbons (Fsp3) is 0.0909. The van der Waals surface area contributed by atoms with Crippen LogP contribution in [0.1, 0.15) is 5.69 Å². The minimum absolute atomic E-state index is 0.233. The highest BCUT2D eigenvalue weighted by Crippen LogP contribution is 2.13. The van der Waals surface area contributed by atoms with E-state index in [2.05, 4.69) is 4.98 Å². The summed E-state index contributed by atoms with van der Waals surface area (Å²) in [5, 5.41) is 9.06. The summed E-state index contributed by atoms with van der Waals surface area (Å²) in [5.41, 5.74) is 0.853. The number of aromatic hydroxyl groups is 1. The van der Waals surface area contributed by atoms with Gasteiger partial charge in [-0.1, -0.05) is 18.2 Å². The predicted molar refractivity (Wildman–Crippen MR) is 53.2 cm³/mol. The Balaban J connectivity index is 1.95. The summed E-state index contributed by atoms with van der Waals surface area (Å²) in [6.45, 7) is 0.435. The molecule has 0 aliphatic carbocycles. The molecule has 1 heterocycles. The lowest BCUT2D eigenvalue weighted by atomic mass is 10.3. The van der Waals surface area contributed by atoms with Crippen LogP contribution >= 0.6 is 0 Å². The largest absolute Gasteiger partial charge is 0.506 e. The normalized spacial score (nSPS) is 10.0. The van der Waals surface area contributed by atoms with Gasteiger partial charge in [-0.3, -0.25) is 0 Å². The van der Waals surface area contributed by atoms with E-state index in [0.717, 1.165) is 11.4 Å². The molecular formula is C11H11NO2. The lowest BCUT2D eigenvalue weighted by Crippen LogP contribution is -1.94. The summed E-state index contributed by atoms with van der Waals surface area (Å²) >= 11 is 0. The van der Waals surface area contributed by atoms with E-state index in [1.807, 2.05) is 30.3 Å². The van der Waals surface area contributed by atoms with E-state index < -0.39 is 0 Å². The smallest absolute Gasteiger partial charge is 0.133 e. The average Bonchev–Trinajstić information content (AvgIpc) is 2.63. The minimum Gasteiger partial charge on any atom is -0.506 e. The summed E-state index contributed by atoms with van der Waals surface area (Å²) in [7, 11) is 0. The number of nitrogens with one attached hydrogen (secondary N) is 1. The van der Waals surface area contributed by atoms with E-state index in [4.69, 9.17) is 9.84 Å². The number of hydrogen-bond acceptors (Lipinski definition) is 2. The molecule has 14 heavy (non-hydrogen) atoms. The van der Waals surface area contributed by atoms with Crippen molar-refractivity contribution in [3.05, 3.63) is 48.3 Å². The second kappa shape index (κ2) is 3.87. The van der Waals surface area contributed by atoms with Gasteiger partial charge in [0.2, 0.25) is 0 Å². The molecule has 2 aromatic rings. The van der Waals surface area contributed by atoms with Crippen molar-refractivity contribution in [1.29, 1.82) is 0 Å². The van der Waals surface area contributed by atoms with Crippen LogP contribution in [0.15, 0.2) is 42.6 Å². The zero-order valence-electron chi connectivity index (χ0n) is 7.60. The molecule has 3 heteroatoms. The molecule has 72 valence electrons. The molecule has 1 aromatic heterocycles. The zero-order chi connectivity index (χ0) is 9.80. The molecule has 0 saturated heterocycles. The summed E-state index contributed by atoms with van der Waals surface area (Å²) < 4.78 is 5.46. The average molecular weight is 189 g/mol. The first-order valence-corrected chi connectivity index (χ1v) is 4.39. The molecule has 0 aliphatic heterocycles. The molecule has 0 amide bonds. The van der Waals surface area contributed by atoms with E-state index in [-0.39, 0.29) is 5.75 Å². The zero-order valence-corrected chi connectivity index (χ0v) is 7.60. The van der Waals surface area contributed by atoms with E-state index >= 15 is 0 Å². The molecule has 0 unspecified atom stereocenters. The second-order valence-electron chi connectivity index (χ2n) is 2.98. The highest BCUT2D eigenvalue weighted by Gasteiger charge is 1.97. The van der Waals surface area contributed by atoms with Gasteiger partial charge in [0.05, 0.1) is 5.69 Å². The minimum atomic E-state index is 0.233. The number of rotatable bonds is 3. The van der Waals surface area contributed by atoms with Gasteiger partial charge in [0.15, 0.2) is 0 Å². The molecule has 2 rings (SSSR count). The lowest BCUT2D eigenvalue weighted by molar-refractivity contribution is 0.302. The van der Waals surface area contributed by atoms with Crippen molar-refractivity contribution < 1.29 is 9.84 Å². The van der Waals surface area contributed by atoms with E-state index in [0.29, 0.717) is 6.61 Å². The third kappa shape index (κ3) is 2.07. The number of ether oxygens (including phenoxy) is 1. The molecule has 0 bridgehead atoms. The van der Waals surface area contributed by atoms with Crippen molar-refractivity contribution in [3.8, 4) is 11.5 Å². The number of hydrogen-bond donors (Lipinski definition) is 2. The number of H-pyrrole nitrogens is 1. The van der Waals surface area contributed by atoms with Crippen LogP contribution in [-0.4, -0.2) is 10.1 Å². The van der Waals surface area contributed by atoms with Gasteiger partial charge in [-0.05, 0) is 12.1 Å². The van der Waals surface area contributed by atoms with Crippen LogP contribution in [0.4, 0.5) is 0 Å². The Morgan fingerprint density at radius 3 is 2.64 bits per heavy atom. The molecule has 2 N–H and O–H groups in total. The Morgan fingerprint density at radius 2 is 2.00 bits per heavy atom. The van der Waals surface area contributed by atoms with E-state index in [1.165, 1.54) is 6.20 Å². The maximum absolute atomic E-state index is 9.06. The van der Waals surface area contributed by atoms with Crippen LogP contribution in [0.5, 0.6) is 11.5 Å². The molecule has 3 nitrogen and oxygen atoms in total. The van der Waals surface area contributed by atoms with Gasteiger partial charge < -0.3 is 14.8 Å². The fourth-order valence-corrected chi connectivity index (χ4v) is 1.19. The molecule has 0 atom stereocenters. The number of aromatic nitrogens is 1. The lowest BCUT2D eigenvalue weighted by Gasteiger charge is -2.03. The SMILES string of the molecule is Oc1c[nH]c(COc2ccccc2)c1. The first kappa shape index (κ1) is 8.69. The molecule has 0 radical (unpaired) electrons. The summed E-state index contributed by atoms with van der Waals surface area (Å²) in [6.07, 6.45) is 1.53. The Hall–Kier alpha value is -1.90. The Morgan fingerprint density at radius 1 is 1.21 bits per heavy atom. The highest BCUT2D eigenvalue weighted by molar-refractivity contribution is 5.23. The quantitative estimate of drug-likeness (QED) is 0.778. The fourth-order valence-electron chi connectivity index (χ4n) is 1.19. The van der Waals surface area contributed by atoms with Crippen molar-refractivity contribution in [2.75, 3.05) is 0 Å². The maximum atomic E-state index is 9.06. The standard InChI is InChI=1S/C11H11NO2/c13-10-6-9(12-7-10)8-14-11-4-2-1-3-5-11/h1-7,12-13H,8H2. The van der Waals surface area contributed by atoms with Crippen molar-refractivity contribution in [3.63, 3.8) is 0 Å². The van der Waals surface area contributed by atoms with Crippen LogP contribution in [0.25, 0.3) is 0 Å². The topological polar surface area (TPSA) is 45.2 Å². The van der Waals surface area contributed by atoms with Crippen molar-refractivity contribution in [1.82, 2.24) is 4.98 Å². The summed E-state index contributed by atoms with van der Waals surface area (Å²) in [4.78, 5) is 2.90. The Kier molecular flexibility index (Phi) is 2.40. The molecule has 0 spiro atoms. The summed E-state index contributed by atoms with van der Waals surface area (Å²) in [6, 6.07) is 11.2. The van der Waals surface area contributed by atoms with Crippen LogP contribution in [0.3, 0.4) is 0 Å². The van der Waals surface area contributed by atoms with Crippen molar-refractivity contribution in [2.24, 2.45) is 0 Å². The molecular weight excluding hydrogens is 178 g/mol. The molecule has 1 aromatic carbocycles. The maximum Gasteiger partial charge on any atom is 0.133 e. The van der Waals surface area contributed by atoms with Crippen LogP contribution in [0, 0.1) is 0 Å². The van der Waals surface area contributed by atoms with E-state index in [1.54, 1.807) is 6.07 Å². The second-order valence-corrected chi connectivity index (χ2v) is 2.98. The monoisotopic (exact) mass is 189 g/mol. The Bertz CT molecular complexity index is 395. The molecule has 0 fully saturated rings. The number of aromatic amines is 1. The van der Waals surface area contributed by atoms with Crippen LogP contribution in [0.2, 0.25) is 0 Å². The number of benzene rings is 1. The highest BCUT2D eigenvalue weighted by atomic mass is 16.5. The number of para-hydroxylation sites is 1. The van der Waals surface area contributed by atoms with Gasteiger partial charge in [0.1, 0.15) is 18.1 Å². The Labute approximate surface area is 82.0 Å². The van der Waals surface area contributed by atoms with Gasteiger partial charge in [-0.15, -0.1) is 0 Å². The molecule has 0 aliphatic rings. The third-order valence-corrected chi connectivity index (χ3v) is 1.87.